The molecule has 9 nitrogen and oxygen atoms in total. The number of methoxy groups -OCH3 is 1. The lowest BCUT2D eigenvalue weighted by molar-refractivity contribution is 0.0964. The molecule has 0 unspecified atom stereocenters. The van der Waals surface area contributed by atoms with Crippen molar-refractivity contribution in [2.24, 2.45) is 0 Å². The van der Waals surface area contributed by atoms with Gasteiger partial charge in [-0.3, -0.25) is 9.10 Å². The maximum Gasteiger partial charge on any atom is 0.255 e. The molecule has 0 aliphatic rings. The monoisotopic (exact) mass is 635 g/mol. The van der Waals surface area contributed by atoms with Crippen molar-refractivity contribution < 1.29 is 40.0 Å². The predicted molar refractivity (Wildman–Crippen MR) is 163 cm³/mol. The molecular weight excluding hydrogens is 611 g/mol. The normalized spacial score (nSPS) is 11.7. The first-order valence-corrected chi connectivity index (χ1v) is 15.2. The predicted octanol–water partition coefficient (Wildman–Crippen LogP) is 6.76. The van der Waals surface area contributed by atoms with Crippen molar-refractivity contribution in [2.45, 2.75) is 0 Å². The third kappa shape index (κ3) is 5.14. The summed E-state index contributed by atoms with van der Waals surface area (Å²) in [5.41, 5.74) is 1.16. The number of furan rings is 1. The fraction of sp³-hybridized carbons (Fsp3) is 0.125. The number of ether oxygens (including phenoxy) is 1. The summed E-state index contributed by atoms with van der Waals surface area (Å²) in [6.45, 7) is 0. The largest absolute Gasteiger partial charge is 0.493 e. The Balaban J connectivity index is 1.67. The van der Waals surface area contributed by atoms with Crippen LogP contribution in [-0.2, 0) is 10.0 Å². The highest BCUT2D eigenvalue weighted by atomic mass is 32.2. The van der Waals surface area contributed by atoms with Crippen LogP contribution >= 0.6 is 0 Å². The van der Waals surface area contributed by atoms with Crippen molar-refractivity contribution in [2.75, 3.05) is 31.8 Å². The Hall–Kier alpha value is -5.30. The highest BCUT2D eigenvalue weighted by Gasteiger charge is 2.27. The number of hydrogen-bond donors (Lipinski definition) is 1. The fourth-order valence-corrected chi connectivity index (χ4v) is 5.61. The van der Waals surface area contributed by atoms with Gasteiger partial charge < -0.3 is 18.9 Å². The molecule has 6 aromatic rings. The van der Waals surface area contributed by atoms with Crippen molar-refractivity contribution in [3.8, 4) is 39.7 Å². The summed E-state index contributed by atoms with van der Waals surface area (Å²) in [4.78, 5) is 17.4. The number of carbonyl (C=O) groups excluding carboxylic acids is 1. The van der Waals surface area contributed by atoms with E-state index in [1.165, 1.54) is 81.9 Å². The number of anilines is 1. The zero-order valence-corrected chi connectivity index (χ0v) is 25.1. The number of amides is 1. The molecule has 2 heterocycles. The second-order valence-corrected chi connectivity index (χ2v) is 12.1. The summed E-state index contributed by atoms with van der Waals surface area (Å²) in [5, 5.41) is 2.84. The number of nitrogens with zero attached hydrogens (tertiary/aromatic N) is 2. The van der Waals surface area contributed by atoms with E-state index in [1.807, 2.05) is 0 Å². The average molecular weight is 636 g/mol. The summed E-state index contributed by atoms with van der Waals surface area (Å²) < 4.78 is 87.5. The van der Waals surface area contributed by atoms with E-state index < -0.39 is 33.4 Å². The molecule has 45 heavy (non-hydrogen) atoms. The van der Waals surface area contributed by atoms with Gasteiger partial charge in [-0.1, -0.05) is 6.07 Å². The first kappa shape index (κ1) is 29.8. The molecule has 0 aliphatic carbocycles. The van der Waals surface area contributed by atoms with Crippen LogP contribution in [0.5, 0.6) is 5.75 Å². The number of para-hydroxylation sites is 1. The minimum Gasteiger partial charge on any atom is -0.493 e. The van der Waals surface area contributed by atoms with Gasteiger partial charge in [-0.2, -0.15) is 0 Å². The average Bonchev–Trinajstić information content (AvgIpc) is 3.62. The molecule has 1 amide bonds. The Labute approximate surface area is 254 Å². The van der Waals surface area contributed by atoms with Crippen molar-refractivity contribution in [1.29, 1.82) is 0 Å². The van der Waals surface area contributed by atoms with E-state index in [0.29, 0.717) is 5.56 Å². The Morgan fingerprint density at radius 1 is 0.911 bits per heavy atom. The Kier molecular flexibility index (Phi) is 7.28. The molecule has 0 radical (unpaired) electrons. The van der Waals surface area contributed by atoms with Crippen LogP contribution in [0.25, 0.3) is 56.0 Å². The van der Waals surface area contributed by atoms with Crippen LogP contribution in [-0.4, -0.2) is 46.8 Å². The molecule has 1 N–H and O–H groups in total. The molecule has 0 spiro atoms. The summed E-state index contributed by atoms with van der Waals surface area (Å²) in [6, 6.07) is 15.0. The van der Waals surface area contributed by atoms with Crippen LogP contribution in [0, 0.1) is 17.5 Å². The zero-order valence-electron chi connectivity index (χ0n) is 24.2. The highest BCUT2D eigenvalue weighted by molar-refractivity contribution is 7.92. The lowest BCUT2D eigenvalue weighted by Crippen LogP contribution is -2.25. The lowest BCUT2D eigenvalue weighted by atomic mass is 9.96. The van der Waals surface area contributed by atoms with Crippen LogP contribution < -0.4 is 14.4 Å². The molecule has 0 atom stereocenters. The van der Waals surface area contributed by atoms with Crippen LogP contribution in [0.2, 0.25) is 0 Å². The molecule has 0 saturated carbocycles. The van der Waals surface area contributed by atoms with Crippen molar-refractivity contribution in [1.82, 2.24) is 10.3 Å². The van der Waals surface area contributed by atoms with Gasteiger partial charge in [-0.25, -0.2) is 26.6 Å². The van der Waals surface area contributed by atoms with E-state index in [4.69, 9.17) is 13.6 Å². The number of hydrogen-bond acceptors (Lipinski definition) is 7. The molecule has 4 aromatic carbocycles. The Morgan fingerprint density at radius 2 is 1.64 bits per heavy atom. The molecule has 0 saturated heterocycles. The Bertz CT molecular complexity index is 2250. The second-order valence-electron chi connectivity index (χ2n) is 10.1. The molecule has 0 fully saturated rings. The third-order valence-electron chi connectivity index (χ3n) is 7.36. The molecular formula is C32H24F3N3O6S. The van der Waals surface area contributed by atoms with Gasteiger partial charge in [0.15, 0.2) is 23.0 Å². The first-order chi connectivity index (χ1) is 21.4. The second kappa shape index (κ2) is 11.0. The van der Waals surface area contributed by atoms with Gasteiger partial charge in [-0.15, -0.1) is 0 Å². The van der Waals surface area contributed by atoms with Crippen LogP contribution in [0.15, 0.2) is 75.6 Å². The summed E-state index contributed by atoms with van der Waals surface area (Å²) in [7, 11) is 0.125. The van der Waals surface area contributed by atoms with Crippen LogP contribution in [0.4, 0.5) is 18.9 Å². The van der Waals surface area contributed by atoms with E-state index in [0.717, 1.165) is 16.6 Å². The van der Waals surface area contributed by atoms with Crippen LogP contribution in [0.3, 0.4) is 0 Å². The van der Waals surface area contributed by atoms with Gasteiger partial charge in [-0.05, 0) is 60.2 Å². The van der Waals surface area contributed by atoms with Crippen molar-refractivity contribution >= 4 is 43.7 Å². The lowest BCUT2D eigenvalue weighted by Gasteiger charge is -2.21. The maximum absolute atomic E-state index is 15.7. The summed E-state index contributed by atoms with van der Waals surface area (Å²) in [6.07, 6.45) is 0.996. The smallest absolute Gasteiger partial charge is 0.255 e. The SMILES string of the molecule is CNC(=O)c1c(-c2ccc(F)cc2)oc2cc(N(C)S(C)(=O)=O)c(-c3cc(F)c(OC)c(-c4nc5c(F)cccc5o4)c3)cc12. The number of aromatic nitrogens is 1. The summed E-state index contributed by atoms with van der Waals surface area (Å²) >= 11 is 0. The fourth-order valence-electron chi connectivity index (χ4n) is 5.10. The minimum absolute atomic E-state index is 0.0295. The molecule has 2 aromatic heterocycles. The van der Waals surface area contributed by atoms with Gasteiger partial charge in [0.05, 0.1) is 30.2 Å². The molecule has 0 aliphatic heterocycles. The number of rotatable bonds is 7. The standard InChI is InChI=1S/C32H24F3N3O6S/c1-36-31(39)27-20-14-19(24(38(2)45(4,40)41)15-26(20)43-29(27)16-8-10-18(33)11-9-16)17-12-21(30(42-3)23(35)13-17)32-37-28-22(34)6-5-7-25(28)44-32/h5-15H,1-4H3,(H,36,39). The van der Waals surface area contributed by atoms with E-state index in [2.05, 4.69) is 10.3 Å². The number of nitrogens with one attached hydrogen (secondary N) is 1. The van der Waals surface area contributed by atoms with Gasteiger partial charge >= 0.3 is 0 Å². The van der Waals surface area contributed by atoms with Crippen LogP contribution in [0.1, 0.15) is 10.4 Å². The van der Waals surface area contributed by atoms with Crippen molar-refractivity contribution in [3.63, 3.8) is 0 Å². The van der Waals surface area contributed by atoms with Gasteiger partial charge in [0.2, 0.25) is 15.9 Å². The number of carbonyl (C=O) groups is 1. The molecule has 6 rings (SSSR count). The third-order valence-corrected chi connectivity index (χ3v) is 8.55. The first-order valence-electron chi connectivity index (χ1n) is 13.4. The van der Waals surface area contributed by atoms with E-state index >= 15 is 4.39 Å². The topological polar surface area (TPSA) is 115 Å². The maximum atomic E-state index is 15.7. The van der Waals surface area contributed by atoms with Crippen molar-refractivity contribution in [3.05, 3.63) is 89.7 Å². The number of benzene rings is 4. The molecule has 0 bridgehead atoms. The quantitative estimate of drug-likeness (QED) is 0.206. The van der Waals surface area contributed by atoms with E-state index in [9.17, 15) is 22.0 Å². The van der Waals surface area contributed by atoms with Gasteiger partial charge in [0.1, 0.15) is 22.7 Å². The molecule has 13 heteroatoms. The van der Waals surface area contributed by atoms with Gasteiger partial charge in [0, 0.05) is 36.7 Å². The molecule has 230 valence electrons. The highest BCUT2D eigenvalue weighted by Crippen LogP contribution is 2.44. The number of sulfonamides is 1. The van der Waals surface area contributed by atoms with Gasteiger partial charge in [0.25, 0.3) is 5.91 Å². The van der Waals surface area contributed by atoms with E-state index in [1.54, 1.807) is 0 Å². The zero-order chi connectivity index (χ0) is 32.2. The number of fused-ring (bicyclic) bond motifs is 2. The minimum atomic E-state index is -3.86. The number of oxazole rings is 1. The van der Waals surface area contributed by atoms with E-state index in [-0.39, 0.29) is 67.4 Å². The Morgan fingerprint density at radius 3 is 2.29 bits per heavy atom. The summed E-state index contributed by atoms with van der Waals surface area (Å²) in [5.74, 6) is -2.76. The number of halogens is 3.